The molecule has 6 heterocycles. The number of aliphatic hydroxyl groups is 1. The zero-order valence-corrected chi connectivity index (χ0v) is 24.0. The van der Waals surface area contributed by atoms with E-state index in [0.717, 1.165) is 77.7 Å². The lowest BCUT2D eigenvalue weighted by atomic mass is 10.1. The number of aliphatic hydroxyl groups excluding tert-OH is 1. The number of thiophene rings is 1. The number of ether oxygens (including phenoxy) is 1. The monoisotopic (exact) mass is 604 g/mol. The van der Waals surface area contributed by atoms with E-state index in [1.165, 1.54) is 11.3 Å². The van der Waals surface area contributed by atoms with Gasteiger partial charge in [0.15, 0.2) is 0 Å². The number of hydrogen-bond donors (Lipinski definition) is 2. The van der Waals surface area contributed by atoms with E-state index in [1.54, 1.807) is 17.8 Å². The summed E-state index contributed by atoms with van der Waals surface area (Å²) in [4.78, 5) is 20.6. The van der Waals surface area contributed by atoms with Crippen molar-refractivity contribution in [1.29, 1.82) is 0 Å². The highest BCUT2D eigenvalue weighted by Gasteiger charge is 2.40. The van der Waals surface area contributed by atoms with E-state index in [0.29, 0.717) is 42.6 Å². The van der Waals surface area contributed by atoms with Crippen molar-refractivity contribution in [1.82, 2.24) is 19.9 Å². The van der Waals surface area contributed by atoms with Crippen molar-refractivity contribution in [2.45, 2.75) is 61.4 Å². The normalized spacial score (nSPS) is 23.0. The Bertz CT molecular complexity index is 1390. The molecular formula is C28H31F3N6O2S2. The molecule has 3 aliphatic heterocycles. The summed E-state index contributed by atoms with van der Waals surface area (Å²) in [5.41, 5.74) is 0.669. The van der Waals surface area contributed by atoms with E-state index in [1.807, 2.05) is 12.1 Å². The maximum absolute atomic E-state index is 14.0. The Balaban J connectivity index is 1.17. The highest BCUT2D eigenvalue weighted by atomic mass is 32.2. The van der Waals surface area contributed by atoms with Crippen LogP contribution in [0.5, 0.6) is 0 Å². The number of halogens is 3. The van der Waals surface area contributed by atoms with E-state index < -0.39 is 11.7 Å². The molecule has 2 N–H and O–H groups in total. The zero-order chi connectivity index (χ0) is 28.1. The van der Waals surface area contributed by atoms with Gasteiger partial charge in [-0.25, -0.2) is 15.0 Å². The van der Waals surface area contributed by atoms with Gasteiger partial charge in [0.05, 0.1) is 41.8 Å². The summed E-state index contributed by atoms with van der Waals surface area (Å²) in [5, 5.41) is 12.7. The second-order valence-corrected chi connectivity index (χ2v) is 13.3. The number of fused-ring (bicyclic) bond motifs is 3. The lowest BCUT2D eigenvalue weighted by Crippen LogP contribution is -2.54. The smallest absolute Gasteiger partial charge is 0.395 e. The number of alkyl halides is 3. The molecule has 2 saturated heterocycles. The van der Waals surface area contributed by atoms with Gasteiger partial charge in [-0.2, -0.15) is 13.2 Å². The van der Waals surface area contributed by atoms with E-state index in [4.69, 9.17) is 9.72 Å². The van der Waals surface area contributed by atoms with Crippen molar-refractivity contribution in [3.63, 3.8) is 0 Å². The first-order valence-corrected chi connectivity index (χ1v) is 15.8. The summed E-state index contributed by atoms with van der Waals surface area (Å²) >= 11 is 2.89. The third-order valence-electron chi connectivity index (χ3n) is 8.25. The molecule has 2 bridgehead atoms. The molecule has 0 aromatic carbocycles. The first-order valence-electron chi connectivity index (χ1n) is 14.0. The van der Waals surface area contributed by atoms with E-state index in [-0.39, 0.29) is 18.2 Å². The number of aromatic nitrogens is 3. The Kier molecular flexibility index (Phi) is 7.34. The standard InChI is InChI=1S/C28H31F3N6O2S2/c29-28(30,31)19-12-32-27(35-26(19)22-11-21-23(41-22)15-39-9-10-40-21)33-20-5-6-24(34-25(20)16-1-2-16)36-13-17-3-4-18(14-36)37(17)7-8-38/h5-6,11-12,16-18,38H,1-4,7-10,13-15H2,(H,32,33,35). The molecule has 0 amide bonds. The average molecular weight is 605 g/mol. The topological polar surface area (TPSA) is 86.6 Å². The van der Waals surface area contributed by atoms with Crippen LogP contribution < -0.4 is 10.2 Å². The lowest BCUT2D eigenvalue weighted by molar-refractivity contribution is -0.137. The SMILES string of the molecule is OCCN1C2CCC1CN(c1ccc(Nc3ncc(C(F)(F)F)c(-c4cc5c(s4)COCCS5)n3)c(C3CC3)n1)C2. The van der Waals surface area contributed by atoms with Crippen LogP contribution in [0.1, 0.15) is 47.7 Å². The molecule has 3 aromatic rings. The fourth-order valence-electron chi connectivity index (χ4n) is 6.16. The minimum absolute atomic E-state index is 0.118. The van der Waals surface area contributed by atoms with E-state index >= 15 is 0 Å². The van der Waals surface area contributed by atoms with Crippen molar-refractivity contribution >= 4 is 40.6 Å². The van der Waals surface area contributed by atoms with E-state index in [2.05, 4.69) is 25.1 Å². The van der Waals surface area contributed by atoms with Crippen LogP contribution in [0.15, 0.2) is 29.3 Å². The van der Waals surface area contributed by atoms with Gasteiger partial charge in [-0.05, 0) is 43.9 Å². The second kappa shape index (κ2) is 11.0. The van der Waals surface area contributed by atoms with Crippen LogP contribution in [0.2, 0.25) is 0 Å². The molecular weight excluding hydrogens is 573 g/mol. The maximum Gasteiger partial charge on any atom is 0.420 e. The summed E-state index contributed by atoms with van der Waals surface area (Å²) < 4.78 is 47.6. The van der Waals surface area contributed by atoms with Crippen LogP contribution in [0.4, 0.5) is 30.6 Å². The van der Waals surface area contributed by atoms with Crippen molar-refractivity contribution < 1.29 is 23.0 Å². The Morgan fingerprint density at radius 2 is 1.90 bits per heavy atom. The minimum Gasteiger partial charge on any atom is -0.395 e. The predicted octanol–water partition coefficient (Wildman–Crippen LogP) is 5.51. The molecule has 0 radical (unpaired) electrons. The van der Waals surface area contributed by atoms with Crippen LogP contribution in [0, 0.1) is 0 Å². The highest BCUT2D eigenvalue weighted by molar-refractivity contribution is 7.99. The molecule has 8 nitrogen and oxygen atoms in total. The van der Waals surface area contributed by atoms with Gasteiger partial charge in [0.2, 0.25) is 5.95 Å². The minimum atomic E-state index is -4.58. The van der Waals surface area contributed by atoms with Crippen molar-refractivity contribution in [3.05, 3.63) is 40.5 Å². The predicted molar refractivity (Wildman–Crippen MR) is 153 cm³/mol. The molecule has 0 spiro atoms. The number of nitrogens with zero attached hydrogens (tertiary/aromatic N) is 5. The molecule has 41 heavy (non-hydrogen) atoms. The Morgan fingerprint density at radius 1 is 1.10 bits per heavy atom. The molecule has 3 aromatic heterocycles. The molecule has 1 aliphatic carbocycles. The van der Waals surface area contributed by atoms with Crippen LogP contribution in [-0.2, 0) is 17.5 Å². The number of piperazine rings is 1. The van der Waals surface area contributed by atoms with Crippen LogP contribution in [0.3, 0.4) is 0 Å². The van der Waals surface area contributed by atoms with Gasteiger partial charge in [0.1, 0.15) is 11.4 Å². The summed E-state index contributed by atoms with van der Waals surface area (Å²) in [6, 6.07) is 6.57. The first kappa shape index (κ1) is 27.4. The molecule has 218 valence electrons. The zero-order valence-electron chi connectivity index (χ0n) is 22.4. The van der Waals surface area contributed by atoms with Crippen LogP contribution in [0.25, 0.3) is 10.6 Å². The van der Waals surface area contributed by atoms with Gasteiger partial charge in [-0.3, -0.25) is 4.90 Å². The molecule has 4 aliphatic rings. The van der Waals surface area contributed by atoms with Crippen LogP contribution in [-0.4, -0.2) is 75.6 Å². The first-order chi connectivity index (χ1) is 19.9. The van der Waals surface area contributed by atoms with Crippen molar-refractivity contribution in [3.8, 4) is 10.6 Å². The highest BCUT2D eigenvalue weighted by Crippen LogP contribution is 2.45. The molecule has 2 unspecified atom stereocenters. The van der Waals surface area contributed by atoms with Gasteiger partial charge >= 0.3 is 6.18 Å². The van der Waals surface area contributed by atoms with Crippen molar-refractivity contribution in [2.75, 3.05) is 48.8 Å². The van der Waals surface area contributed by atoms with Crippen LogP contribution >= 0.6 is 23.1 Å². The quantitative estimate of drug-likeness (QED) is 0.363. The number of rotatable bonds is 7. The molecule has 7 rings (SSSR count). The van der Waals surface area contributed by atoms with Gasteiger partial charge in [0.25, 0.3) is 0 Å². The number of thioether (sulfide) groups is 1. The lowest BCUT2D eigenvalue weighted by Gasteiger charge is -2.41. The van der Waals surface area contributed by atoms with Gasteiger partial charge in [0, 0.05) is 59.4 Å². The number of hydrogen-bond acceptors (Lipinski definition) is 10. The second-order valence-electron chi connectivity index (χ2n) is 11.0. The van der Waals surface area contributed by atoms with Gasteiger partial charge in [-0.15, -0.1) is 23.1 Å². The molecule has 3 fully saturated rings. The summed E-state index contributed by atoms with van der Waals surface area (Å²) in [6.45, 7) is 3.65. The summed E-state index contributed by atoms with van der Waals surface area (Å²) in [6.07, 6.45) is 0.605. The van der Waals surface area contributed by atoms with E-state index in [9.17, 15) is 18.3 Å². The Labute approximate surface area is 244 Å². The molecule has 2 atom stereocenters. The molecule has 1 saturated carbocycles. The Morgan fingerprint density at radius 3 is 2.63 bits per heavy atom. The number of anilines is 3. The van der Waals surface area contributed by atoms with Gasteiger partial charge < -0.3 is 20.1 Å². The summed E-state index contributed by atoms with van der Waals surface area (Å²) in [7, 11) is 0. The third-order valence-corrected chi connectivity index (χ3v) is 10.5. The average Bonchev–Trinajstić information content (AvgIpc) is 3.72. The van der Waals surface area contributed by atoms with Crippen molar-refractivity contribution in [2.24, 2.45) is 0 Å². The summed E-state index contributed by atoms with van der Waals surface area (Å²) in [5.74, 6) is 2.11. The number of nitrogens with one attached hydrogen (secondary N) is 1. The van der Waals surface area contributed by atoms with Gasteiger partial charge in [-0.1, -0.05) is 0 Å². The fraction of sp³-hybridized carbons (Fsp3) is 0.536. The molecule has 13 heteroatoms. The largest absolute Gasteiger partial charge is 0.420 e. The fourth-order valence-corrected chi connectivity index (χ4v) is 8.37. The third kappa shape index (κ3) is 5.54. The maximum atomic E-state index is 14.0. The number of pyridine rings is 1. The Hall–Kier alpha value is -2.45.